The fourth-order valence-corrected chi connectivity index (χ4v) is 3.72. The lowest BCUT2D eigenvalue weighted by molar-refractivity contribution is 0.0383. The van der Waals surface area contributed by atoms with Gasteiger partial charge in [0.05, 0.1) is 6.10 Å². The molecule has 7 heteroatoms. The summed E-state index contributed by atoms with van der Waals surface area (Å²) in [7, 11) is 1.55. The van der Waals surface area contributed by atoms with Gasteiger partial charge in [-0.2, -0.15) is 0 Å². The van der Waals surface area contributed by atoms with Crippen LogP contribution < -0.4 is 10.1 Å². The lowest BCUT2D eigenvalue weighted by atomic mass is 10.1. The third-order valence-corrected chi connectivity index (χ3v) is 5.10. The van der Waals surface area contributed by atoms with Gasteiger partial charge in [0.1, 0.15) is 22.1 Å². The van der Waals surface area contributed by atoms with Crippen molar-refractivity contribution in [2.45, 2.75) is 26.9 Å². The number of carbonyl (C=O) groups is 2. The summed E-state index contributed by atoms with van der Waals surface area (Å²) in [5.74, 6) is 0.533. The number of aromatic nitrogens is 1. The lowest BCUT2D eigenvalue weighted by Crippen LogP contribution is -2.18. The largest absolute Gasteiger partial charge is 0.459 e. The van der Waals surface area contributed by atoms with Gasteiger partial charge >= 0.3 is 5.97 Å². The molecule has 3 aromatic rings. The Balaban J connectivity index is 1.89. The summed E-state index contributed by atoms with van der Waals surface area (Å²) in [6.07, 6.45) is 1.36. The van der Waals surface area contributed by atoms with Gasteiger partial charge in [0.25, 0.3) is 5.91 Å². The van der Waals surface area contributed by atoms with E-state index in [2.05, 4.69) is 10.3 Å². The Morgan fingerprint density at radius 3 is 2.59 bits per heavy atom. The van der Waals surface area contributed by atoms with Crippen LogP contribution in [0.5, 0.6) is 11.5 Å². The molecule has 140 valence electrons. The number of hydrogen-bond acceptors (Lipinski definition) is 6. The number of rotatable bonds is 5. The normalized spacial score (nSPS) is 10.9. The maximum atomic E-state index is 12.3. The van der Waals surface area contributed by atoms with Crippen LogP contribution in [0.25, 0.3) is 10.1 Å². The SMILES string of the molecule is CNC(=O)c1cc(Oc2ccc3c(C)c(C(=O)OC(C)C)sc3c2)ccn1. The van der Waals surface area contributed by atoms with E-state index in [9.17, 15) is 9.59 Å². The van der Waals surface area contributed by atoms with Crippen molar-refractivity contribution in [2.75, 3.05) is 7.05 Å². The number of aryl methyl sites for hydroxylation is 1. The molecule has 2 aromatic heterocycles. The average Bonchev–Trinajstić information content (AvgIpc) is 2.97. The van der Waals surface area contributed by atoms with Crippen molar-refractivity contribution in [1.82, 2.24) is 10.3 Å². The Bertz CT molecular complexity index is 1010. The van der Waals surface area contributed by atoms with E-state index in [1.54, 1.807) is 19.2 Å². The molecule has 6 nitrogen and oxygen atoms in total. The summed E-state index contributed by atoms with van der Waals surface area (Å²) in [5, 5.41) is 3.52. The summed E-state index contributed by atoms with van der Waals surface area (Å²) >= 11 is 1.38. The fourth-order valence-electron chi connectivity index (χ4n) is 2.59. The van der Waals surface area contributed by atoms with E-state index < -0.39 is 0 Å². The molecular weight excluding hydrogens is 364 g/mol. The molecule has 0 spiro atoms. The highest BCUT2D eigenvalue weighted by Gasteiger charge is 2.18. The van der Waals surface area contributed by atoms with Crippen LogP contribution >= 0.6 is 11.3 Å². The summed E-state index contributed by atoms with van der Waals surface area (Å²) in [6, 6.07) is 8.89. The van der Waals surface area contributed by atoms with E-state index >= 15 is 0 Å². The van der Waals surface area contributed by atoms with Gasteiger partial charge in [-0.25, -0.2) is 4.79 Å². The minimum atomic E-state index is -0.310. The minimum Gasteiger partial charge on any atom is -0.459 e. The second kappa shape index (κ2) is 7.75. The van der Waals surface area contributed by atoms with E-state index in [-0.39, 0.29) is 23.7 Å². The Kier molecular flexibility index (Phi) is 5.41. The summed E-state index contributed by atoms with van der Waals surface area (Å²) < 4.78 is 12.1. The molecule has 0 fully saturated rings. The highest BCUT2D eigenvalue weighted by molar-refractivity contribution is 7.21. The molecule has 0 atom stereocenters. The second-order valence-electron chi connectivity index (χ2n) is 6.23. The second-order valence-corrected chi connectivity index (χ2v) is 7.28. The van der Waals surface area contributed by atoms with Crippen LogP contribution in [0.2, 0.25) is 0 Å². The van der Waals surface area contributed by atoms with Crippen molar-refractivity contribution in [2.24, 2.45) is 0 Å². The predicted molar refractivity (Wildman–Crippen MR) is 105 cm³/mol. The molecule has 0 saturated carbocycles. The number of ether oxygens (including phenoxy) is 2. The number of esters is 1. The molecule has 0 aliphatic carbocycles. The zero-order chi connectivity index (χ0) is 19.6. The van der Waals surface area contributed by atoms with E-state index in [1.807, 2.05) is 39.0 Å². The van der Waals surface area contributed by atoms with Crippen molar-refractivity contribution in [3.8, 4) is 11.5 Å². The Morgan fingerprint density at radius 1 is 1.15 bits per heavy atom. The maximum Gasteiger partial charge on any atom is 0.348 e. The van der Waals surface area contributed by atoms with Gasteiger partial charge in [-0.3, -0.25) is 9.78 Å². The zero-order valence-corrected chi connectivity index (χ0v) is 16.3. The summed E-state index contributed by atoms with van der Waals surface area (Å²) in [6.45, 7) is 5.57. The standard InChI is InChI=1S/C20H20N2O4S/c1-11(2)25-20(24)18-12(3)15-6-5-13(10-17(15)27-18)26-14-7-8-22-16(9-14)19(23)21-4/h5-11H,1-4H3,(H,21,23). The highest BCUT2D eigenvalue weighted by Crippen LogP contribution is 2.35. The van der Waals surface area contributed by atoms with E-state index in [4.69, 9.17) is 9.47 Å². The molecule has 3 rings (SSSR count). The molecule has 0 bridgehead atoms. The maximum absolute atomic E-state index is 12.3. The Hall–Kier alpha value is -2.93. The molecule has 0 aliphatic heterocycles. The number of hydrogen-bond donors (Lipinski definition) is 1. The molecular formula is C20H20N2O4S. The number of thiophene rings is 1. The monoisotopic (exact) mass is 384 g/mol. The zero-order valence-electron chi connectivity index (χ0n) is 15.5. The lowest BCUT2D eigenvalue weighted by Gasteiger charge is -2.07. The van der Waals surface area contributed by atoms with Gasteiger partial charge in [0.2, 0.25) is 0 Å². The van der Waals surface area contributed by atoms with Crippen LogP contribution in [0.3, 0.4) is 0 Å². The van der Waals surface area contributed by atoms with Crippen molar-refractivity contribution in [3.05, 3.63) is 52.7 Å². The number of nitrogens with one attached hydrogen (secondary N) is 1. The fraction of sp³-hybridized carbons (Fsp3) is 0.250. The number of fused-ring (bicyclic) bond motifs is 1. The van der Waals surface area contributed by atoms with Crippen LogP contribution in [0.4, 0.5) is 0 Å². The quantitative estimate of drug-likeness (QED) is 0.663. The van der Waals surface area contributed by atoms with Crippen molar-refractivity contribution < 1.29 is 19.1 Å². The molecule has 1 aromatic carbocycles. The first-order valence-corrected chi connectivity index (χ1v) is 9.30. The van der Waals surface area contributed by atoms with Gasteiger partial charge in [-0.05, 0) is 56.0 Å². The average molecular weight is 384 g/mol. The summed E-state index contributed by atoms with van der Waals surface area (Å²) in [5.41, 5.74) is 1.18. The van der Waals surface area contributed by atoms with Crippen LogP contribution in [0.1, 0.15) is 39.6 Å². The number of pyridine rings is 1. The molecule has 1 N–H and O–H groups in total. The first-order valence-electron chi connectivity index (χ1n) is 8.49. The predicted octanol–water partition coefficient (Wildman–Crippen LogP) is 4.32. The van der Waals surface area contributed by atoms with Gasteiger partial charge in [-0.1, -0.05) is 0 Å². The number of benzene rings is 1. The first-order chi connectivity index (χ1) is 12.9. The third-order valence-electron chi connectivity index (χ3n) is 3.86. The van der Waals surface area contributed by atoms with E-state index in [0.29, 0.717) is 16.4 Å². The van der Waals surface area contributed by atoms with E-state index in [1.165, 1.54) is 17.5 Å². The molecule has 27 heavy (non-hydrogen) atoms. The molecule has 2 heterocycles. The minimum absolute atomic E-state index is 0.165. The topological polar surface area (TPSA) is 77.5 Å². The van der Waals surface area contributed by atoms with Crippen molar-refractivity contribution >= 4 is 33.3 Å². The Morgan fingerprint density at radius 2 is 1.89 bits per heavy atom. The van der Waals surface area contributed by atoms with Crippen LogP contribution in [0.15, 0.2) is 36.5 Å². The number of nitrogens with zero attached hydrogens (tertiary/aromatic N) is 1. The van der Waals surface area contributed by atoms with Crippen molar-refractivity contribution in [1.29, 1.82) is 0 Å². The Labute approximate surface area is 161 Å². The molecule has 1 amide bonds. The van der Waals surface area contributed by atoms with Gasteiger partial charge < -0.3 is 14.8 Å². The van der Waals surface area contributed by atoms with Crippen LogP contribution in [-0.2, 0) is 4.74 Å². The van der Waals surface area contributed by atoms with Gasteiger partial charge in [-0.15, -0.1) is 11.3 Å². The van der Waals surface area contributed by atoms with Crippen molar-refractivity contribution in [3.63, 3.8) is 0 Å². The van der Waals surface area contributed by atoms with Gasteiger partial charge in [0.15, 0.2) is 0 Å². The van der Waals surface area contributed by atoms with Crippen LogP contribution in [-0.4, -0.2) is 30.0 Å². The summed E-state index contributed by atoms with van der Waals surface area (Å²) in [4.78, 5) is 28.6. The highest BCUT2D eigenvalue weighted by atomic mass is 32.1. The molecule has 0 unspecified atom stereocenters. The molecule has 0 aliphatic rings. The smallest absolute Gasteiger partial charge is 0.348 e. The van der Waals surface area contributed by atoms with Crippen LogP contribution in [0, 0.1) is 6.92 Å². The first kappa shape index (κ1) is 18.8. The number of amides is 1. The third kappa shape index (κ3) is 4.09. The van der Waals surface area contributed by atoms with E-state index in [0.717, 1.165) is 15.6 Å². The molecule has 0 radical (unpaired) electrons. The number of carbonyl (C=O) groups excluding carboxylic acids is 2. The molecule has 0 saturated heterocycles. The van der Waals surface area contributed by atoms with Gasteiger partial charge in [0, 0.05) is 24.0 Å².